The minimum atomic E-state index is -4.45. The molecule has 1 aromatic carbocycles. The van der Waals surface area contributed by atoms with E-state index in [-0.39, 0.29) is 10.9 Å². The van der Waals surface area contributed by atoms with E-state index >= 15 is 0 Å². The molecule has 0 saturated carbocycles. The van der Waals surface area contributed by atoms with Crippen LogP contribution in [0.1, 0.15) is 27.2 Å². The molecule has 3 aromatic rings. The third-order valence-corrected chi connectivity index (χ3v) is 7.18. The average molecular weight is 481 g/mol. The van der Waals surface area contributed by atoms with Crippen LogP contribution in [0.4, 0.5) is 18.2 Å². The number of halogens is 3. The predicted molar refractivity (Wildman–Crippen MR) is 118 cm³/mol. The third-order valence-electron chi connectivity index (χ3n) is 4.98. The molecule has 0 unspecified atom stereocenters. The second kappa shape index (κ2) is 8.99. The van der Waals surface area contributed by atoms with Crippen LogP contribution in [0.25, 0.3) is 11.3 Å². The number of nitrogens with two attached hydrogens (primary N) is 1. The van der Waals surface area contributed by atoms with Crippen LogP contribution in [0.15, 0.2) is 41.7 Å². The van der Waals surface area contributed by atoms with Gasteiger partial charge in [0, 0.05) is 4.88 Å². The first-order valence-electron chi connectivity index (χ1n) is 9.77. The molecule has 0 aliphatic heterocycles. The van der Waals surface area contributed by atoms with Gasteiger partial charge in [-0.1, -0.05) is 42.1 Å². The van der Waals surface area contributed by atoms with E-state index in [1.54, 1.807) is 30.3 Å². The summed E-state index contributed by atoms with van der Waals surface area (Å²) in [5.74, 6) is -1.20. The van der Waals surface area contributed by atoms with Crippen molar-refractivity contribution in [2.45, 2.75) is 37.1 Å². The van der Waals surface area contributed by atoms with Crippen molar-refractivity contribution >= 4 is 39.9 Å². The zero-order valence-corrected chi connectivity index (χ0v) is 18.4. The minimum Gasteiger partial charge on any atom is -0.365 e. The minimum absolute atomic E-state index is 0.0835. The largest absolute Gasteiger partial charge is 0.406 e. The number of anilines is 1. The Hall–Kier alpha value is -2.79. The lowest BCUT2D eigenvalue weighted by atomic mass is 10.1. The predicted octanol–water partition coefficient (Wildman–Crippen LogP) is 4.49. The van der Waals surface area contributed by atoms with E-state index in [1.165, 1.54) is 17.5 Å². The molecule has 2 aromatic heterocycles. The molecule has 2 amide bonds. The van der Waals surface area contributed by atoms with Gasteiger partial charge in [0.25, 0.3) is 5.91 Å². The van der Waals surface area contributed by atoms with Crippen molar-refractivity contribution < 1.29 is 22.8 Å². The van der Waals surface area contributed by atoms with E-state index in [0.29, 0.717) is 21.8 Å². The van der Waals surface area contributed by atoms with Crippen LogP contribution in [-0.2, 0) is 24.2 Å². The van der Waals surface area contributed by atoms with Crippen LogP contribution < -0.4 is 11.1 Å². The Morgan fingerprint density at radius 3 is 2.66 bits per heavy atom. The molecule has 4 rings (SSSR count). The van der Waals surface area contributed by atoms with Gasteiger partial charge in [0.1, 0.15) is 11.5 Å². The van der Waals surface area contributed by atoms with Gasteiger partial charge in [-0.25, -0.2) is 4.98 Å². The first kappa shape index (κ1) is 22.4. The Kier molecular flexibility index (Phi) is 6.29. The number of fused-ring (bicyclic) bond motifs is 1. The fourth-order valence-electron chi connectivity index (χ4n) is 3.69. The van der Waals surface area contributed by atoms with Gasteiger partial charge in [0.15, 0.2) is 5.16 Å². The third kappa shape index (κ3) is 4.83. The summed E-state index contributed by atoms with van der Waals surface area (Å²) in [5.41, 5.74) is 7.64. The maximum absolute atomic E-state index is 13.2. The number of nitrogens with zero attached hydrogens (tertiary/aromatic N) is 2. The molecule has 0 atom stereocenters. The number of thiophene rings is 1. The number of carbonyl (C=O) groups is 2. The van der Waals surface area contributed by atoms with Gasteiger partial charge < -0.3 is 15.6 Å². The summed E-state index contributed by atoms with van der Waals surface area (Å²) in [4.78, 5) is 29.5. The molecule has 0 bridgehead atoms. The average Bonchev–Trinajstić information content (AvgIpc) is 3.40. The van der Waals surface area contributed by atoms with Gasteiger partial charge in [0.05, 0.1) is 23.2 Å². The summed E-state index contributed by atoms with van der Waals surface area (Å²) in [6.07, 6.45) is -0.558. The monoisotopic (exact) mass is 480 g/mol. The summed E-state index contributed by atoms with van der Waals surface area (Å²) >= 11 is 2.23. The first-order chi connectivity index (χ1) is 15.2. The van der Waals surface area contributed by atoms with Crippen molar-refractivity contribution in [3.63, 3.8) is 0 Å². The van der Waals surface area contributed by atoms with E-state index in [9.17, 15) is 22.8 Å². The number of benzene rings is 1. The molecule has 1 aliphatic carbocycles. The number of rotatable bonds is 7. The van der Waals surface area contributed by atoms with Crippen molar-refractivity contribution in [1.29, 1.82) is 0 Å². The van der Waals surface area contributed by atoms with Crippen LogP contribution in [0, 0.1) is 0 Å². The highest BCUT2D eigenvalue weighted by Crippen LogP contribution is 2.39. The molecule has 32 heavy (non-hydrogen) atoms. The fourth-order valence-corrected chi connectivity index (χ4v) is 5.78. The van der Waals surface area contributed by atoms with Crippen LogP contribution >= 0.6 is 23.1 Å². The van der Waals surface area contributed by atoms with Gasteiger partial charge in [-0.2, -0.15) is 13.2 Å². The Morgan fingerprint density at radius 1 is 1.22 bits per heavy atom. The maximum atomic E-state index is 13.2. The van der Waals surface area contributed by atoms with E-state index in [0.717, 1.165) is 46.0 Å². The molecule has 11 heteroatoms. The highest BCUT2D eigenvalue weighted by molar-refractivity contribution is 7.99. The zero-order chi connectivity index (χ0) is 22.9. The van der Waals surface area contributed by atoms with E-state index in [1.807, 2.05) is 0 Å². The molecule has 1 aliphatic rings. The van der Waals surface area contributed by atoms with Crippen LogP contribution in [-0.4, -0.2) is 33.3 Å². The fraction of sp³-hybridized carbons (Fsp3) is 0.286. The van der Waals surface area contributed by atoms with Crippen molar-refractivity contribution in [1.82, 2.24) is 9.55 Å². The number of hydrogen-bond acceptors (Lipinski definition) is 5. The molecular formula is C21H19F3N4O2S2. The van der Waals surface area contributed by atoms with Gasteiger partial charge in [-0.3, -0.25) is 9.59 Å². The molecule has 168 valence electrons. The van der Waals surface area contributed by atoms with Crippen molar-refractivity contribution in [2.75, 3.05) is 11.1 Å². The van der Waals surface area contributed by atoms with Gasteiger partial charge in [-0.05, 0) is 30.4 Å². The molecule has 0 saturated heterocycles. The lowest BCUT2D eigenvalue weighted by Crippen LogP contribution is -2.20. The normalized spacial score (nSPS) is 13.2. The molecule has 6 nitrogen and oxygen atoms in total. The Balaban J connectivity index is 1.51. The van der Waals surface area contributed by atoms with E-state index in [2.05, 4.69) is 10.3 Å². The summed E-state index contributed by atoms with van der Waals surface area (Å²) < 4.78 is 40.7. The number of hydrogen-bond donors (Lipinski definition) is 2. The van der Waals surface area contributed by atoms with Crippen LogP contribution in [0.3, 0.4) is 0 Å². The molecule has 3 N–H and O–H groups in total. The summed E-state index contributed by atoms with van der Waals surface area (Å²) in [7, 11) is 0. The number of primary amides is 1. The lowest BCUT2D eigenvalue weighted by Gasteiger charge is -2.14. The first-order valence-corrected chi connectivity index (χ1v) is 11.6. The summed E-state index contributed by atoms with van der Waals surface area (Å²) in [5, 5.41) is 3.18. The van der Waals surface area contributed by atoms with Crippen LogP contribution in [0.5, 0.6) is 0 Å². The molecular weight excluding hydrogens is 461 g/mol. The number of aromatic nitrogens is 2. The molecule has 0 radical (unpaired) electrons. The SMILES string of the molecule is NC(=O)c1c(NC(=O)CSc2ncc(-c3ccccc3)n2CC(F)(F)F)sc2c1CCC2. The summed E-state index contributed by atoms with van der Waals surface area (Å²) in [6.45, 7) is -1.22. The quantitative estimate of drug-likeness (QED) is 0.488. The lowest BCUT2D eigenvalue weighted by molar-refractivity contribution is -0.141. The Bertz CT molecular complexity index is 1160. The number of aryl methyl sites for hydroxylation is 1. The molecule has 0 spiro atoms. The number of carbonyl (C=O) groups excluding carboxylic acids is 2. The van der Waals surface area contributed by atoms with Crippen molar-refractivity contribution in [3.05, 3.63) is 52.5 Å². The standard InChI is InChI=1S/C21H19F3N4O2S2/c22-21(23,24)11-28-14(12-5-2-1-3-6-12)9-26-20(28)31-10-16(29)27-19-17(18(25)30)13-7-4-8-15(13)32-19/h1-3,5-6,9H,4,7-8,10-11H2,(H2,25,30)(H,27,29). The summed E-state index contributed by atoms with van der Waals surface area (Å²) in [6, 6.07) is 8.64. The van der Waals surface area contributed by atoms with Crippen LogP contribution in [0.2, 0.25) is 0 Å². The Labute approximate surface area is 190 Å². The maximum Gasteiger partial charge on any atom is 0.406 e. The smallest absolute Gasteiger partial charge is 0.365 e. The topological polar surface area (TPSA) is 90.0 Å². The van der Waals surface area contributed by atoms with Crippen molar-refractivity contribution in [2.24, 2.45) is 5.73 Å². The van der Waals surface area contributed by atoms with E-state index in [4.69, 9.17) is 5.73 Å². The second-order valence-corrected chi connectivity index (χ2v) is 9.30. The second-order valence-electron chi connectivity index (χ2n) is 7.26. The van der Waals surface area contributed by atoms with Crippen molar-refractivity contribution in [3.8, 4) is 11.3 Å². The number of nitrogens with one attached hydrogen (secondary N) is 1. The number of alkyl halides is 3. The zero-order valence-electron chi connectivity index (χ0n) is 16.7. The van der Waals surface area contributed by atoms with Gasteiger partial charge >= 0.3 is 6.18 Å². The van der Waals surface area contributed by atoms with E-state index < -0.39 is 24.5 Å². The number of imidazole rings is 1. The molecule has 0 fully saturated rings. The van der Waals surface area contributed by atoms with Gasteiger partial charge in [-0.15, -0.1) is 11.3 Å². The number of amides is 2. The highest BCUT2D eigenvalue weighted by Gasteiger charge is 2.31. The number of thioether (sulfide) groups is 1. The van der Waals surface area contributed by atoms with Gasteiger partial charge in [0.2, 0.25) is 5.91 Å². The Morgan fingerprint density at radius 2 is 1.97 bits per heavy atom. The highest BCUT2D eigenvalue weighted by atomic mass is 32.2. The molecule has 2 heterocycles.